The highest BCUT2D eigenvalue weighted by atomic mass is 16.5. The van der Waals surface area contributed by atoms with Gasteiger partial charge >= 0.3 is 0 Å². The zero-order valence-corrected chi connectivity index (χ0v) is 13.8. The van der Waals surface area contributed by atoms with Gasteiger partial charge in [-0.05, 0) is 50.3 Å². The fourth-order valence-electron chi connectivity index (χ4n) is 2.68. The van der Waals surface area contributed by atoms with Crippen LogP contribution in [0, 0.1) is 12.8 Å². The van der Waals surface area contributed by atoms with Gasteiger partial charge in [-0.2, -0.15) is 0 Å². The Labute approximate surface area is 124 Å². The third-order valence-electron chi connectivity index (χ3n) is 3.77. The molecule has 0 aliphatic heterocycles. The Bertz CT molecular complexity index is 375. The van der Waals surface area contributed by atoms with Crippen molar-refractivity contribution >= 4 is 0 Å². The smallest absolute Gasteiger partial charge is 0.0753 e. The Morgan fingerprint density at radius 2 is 1.85 bits per heavy atom. The van der Waals surface area contributed by atoms with Crippen LogP contribution in [0.1, 0.15) is 45.2 Å². The lowest BCUT2D eigenvalue weighted by Crippen LogP contribution is -2.46. The maximum atomic E-state index is 6.01. The first kappa shape index (κ1) is 17.2. The molecule has 1 rings (SSSR count). The van der Waals surface area contributed by atoms with Gasteiger partial charge in [0.05, 0.1) is 6.10 Å². The van der Waals surface area contributed by atoms with Crippen LogP contribution in [0.15, 0.2) is 24.3 Å². The van der Waals surface area contributed by atoms with Crippen LogP contribution in [0.2, 0.25) is 0 Å². The molecule has 0 saturated carbocycles. The lowest BCUT2D eigenvalue weighted by Gasteiger charge is -2.31. The number of nitrogens with one attached hydrogen (secondary N) is 1. The Morgan fingerprint density at radius 1 is 1.15 bits per heavy atom. The molecule has 0 saturated heterocycles. The highest BCUT2D eigenvalue weighted by Crippen LogP contribution is 2.18. The fraction of sp³-hybridized carbons (Fsp3) is 0.667. The number of hydrogen-bond acceptors (Lipinski definition) is 2. The summed E-state index contributed by atoms with van der Waals surface area (Å²) in [6, 6.07) is 9.05. The lowest BCUT2D eigenvalue weighted by molar-refractivity contribution is 0.00359. The summed E-state index contributed by atoms with van der Waals surface area (Å²) in [5, 5.41) is 3.69. The molecule has 0 aliphatic carbocycles. The van der Waals surface area contributed by atoms with Crippen LogP contribution < -0.4 is 5.32 Å². The third-order valence-corrected chi connectivity index (χ3v) is 3.77. The molecule has 1 aromatic carbocycles. The Hall–Kier alpha value is -0.860. The molecule has 114 valence electrons. The number of hydrogen-bond donors (Lipinski definition) is 1. The normalized spacial score (nSPS) is 14.5. The molecule has 20 heavy (non-hydrogen) atoms. The molecule has 0 aromatic heterocycles. The van der Waals surface area contributed by atoms with E-state index in [0.29, 0.717) is 12.0 Å². The summed E-state index contributed by atoms with van der Waals surface area (Å²) in [5.41, 5.74) is 2.79. The van der Waals surface area contributed by atoms with Crippen molar-refractivity contribution in [3.05, 3.63) is 35.4 Å². The van der Waals surface area contributed by atoms with E-state index in [1.807, 2.05) is 0 Å². The summed E-state index contributed by atoms with van der Waals surface area (Å²) >= 11 is 0. The molecule has 0 bridgehead atoms. The number of ether oxygens (including phenoxy) is 1. The first-order chi connectivity index (χ1) is 9.60. The first-order valence-corrected chi connectivity index (χ1v) is 7.99. The van der Waals surface area contributed by atoms with Crippen molar-refractivity contribution in [1.82, 2.24) is 5.32 Å². The lowest BCUT2D eigenvalue weighted by atomic mass is 9.92. The van der Waals surface area contributed by atoms with Gasteiger partial charge in [-0.1, -0.05) is 45.0 Å². The molecule has 1 aromatic rings. The molecule has 0 heterocycles. The van der Waals surface area contributed by atoms with Crippen LogP contribution in [0.25, 0.3) is 0 Å². The van der Waals surface area contributed by atoms with Crippen LogP contribution in [0.3, 0.4) is 0 Å². The number of benzene rings is 1. The summed E-state index contributed by atoms with van der Waals surface area (Å²) in [6.07, 6.45) is 2.46. The van der Waals surface area contributed by atoms with Crippen molar-refractivity contribution in [2.75, 3.05) is 13.2 Å². The average molecular weight is 277 g/mol. The zero-order chi connectivity index (χ0) is 15.0. The molecule has 2 nitrogen and oxygen atoms in total. The van der Waals surface area contributed by atoms with Gasteiger partial charge in [-0.15, -0.1) is 0 Å². The van der Waals surface area contributed by atoms with Gasteiger partial charge in [0.25, 0.3) is 0 Å². The van der Waals surface area contributed by atoms with Gasteiger partial charge in [0, 0.05) is 12.6 Å². The molecule has 0 fully saturated rings. The first-order valence-electron chi connectivity index (χ1n) is 7.99. The van der Waals surface area contributed by atoms with E-state index in [1.54, 1.807) is 0 Å². The van der Waals surface area contributed by atoms with Crippen LogP contribution in [-0.4, -0.2) is 25.3 Å². The van der Waals surface area contributed by atoms with E-state index in [4.69, 9.17) is 4.74 Å². The Kier molecular flexibility index (Phi) is 7.86. The molecule has 0 aliphatic rings. The molecular weight excluding hydrogens is 246 g/mol. The minimum atomic E-state index is 0.270. The van der Waals surface area contributed by atoms with Crippen molar-refractivity contribution in [1.29, 1.82) is 0 Å². The Balaban J connectivity index is 2.84. The Morgan fingerprint density at radius 3 is 2.40 bits per heavy atom. The van der Waals surface area contributed by atoms with E-state index in [1.165, 1.54) is 11.1 Å². The molecule has 2 heteroatoms. The van der Waals surface area contributed by atoms with Gasteiger partial charge in [-0.3, -0.25) is 0 Å². The highest BCUT2D eigenvalue weighted by molar-refractivity contribution is 5.26. The van der Waals surface area contributed by atoms with Gasteiger partial charge < -0.3 is 10.1 Å². The summed E-state index contributed by atoms with van der Waals surface area (Å²) in [5.74, 6) is 0.522. The van der Waals surface area contributed by atoms with Crippen LogP contribution >= 0.6 is 0 Å². The van der Waals surface area contributed by atoms with E-state index in [-0.39, 0.29) is 6.10 Å². The summed E-state index contributed by atoms with van der Waals surface area (Å²) in [7, 11) is 0. The van der Waals surface area contributed by atoms with Crippen LogP contribution in [0.5, 0.6) is 0 Å². The second-order valence-corrected chi connectivity index (χ2v) is 5.86. The minimum Gasteiger partial charge on any atom is -0.377 e. The van der Waals surface area contributed by atoms with Crippen molar-refractivity contribution < 1.29 is 4.74 Å². The van der Waals surface area contributed by atoms with Crippen LogP contribution in [0.4, 0.5) is 0 Å². The number of rotatable bonds is 9. The zero-order valence-electron chi connectivity index (χ0n) is 13.8. The van der Waals surface area contributed by atoms with Crippen molar-refractivity contribution in [2.24, 2.45) is 5.92 Å². The molecule has 0 amide bonds. The van der Waals surface area contributed by atoms with E-state index in [9.17, 15) is 0 Å². The second kappa shape index (κ2) is 9.15. The van der Waals surface area contributed by atoms with Gasteiger partial charge in [0.2, 0.25) is 0 Å². The highest BCUT2D eigenvalue weighted by Gasteiger charge is 2.25. The van der Waals surface area contributed by atoms with E-state index < -0.39 is 0 Å². The summed E-state index contributed by atoms with van der Waals surface area (Å²) in [6.45, 7) is 12.8. The molecular formula is C18H31NO. The van der Waals surface area contributed by atoms with Crippen LogP contribution in [-0.2, 0) is 11.2 Å². The quantitative estimate of drug-likeness (QED) is 0.737. The second-order valence-electron chi connectivity index (χ2n) is 5.86. The predicted octanol–water partition coefficient (Wildman–Crippen LogP) is 3.97. The maximum Gasteiger partial charge on any atom is 0.0753 e. The van der Waals surface area contributed by atoms with E-state index in [2.05, 4.69) is 64.2 Å². The summed E-state index contributed by atoms with van der Waals surface area (Å²) in [4.78, 5) is 0. The van der Waals surface area contributed by atoms with Crippen molar-refractivity contribution in [2.45, 2.75) is 59.6 Å². The molecule has 2 atom stereocenters. The fourth-order valence-corrected chi connectivity index (χ4v) is 2.68. The van der Waals surface area contributed by atoms with Gasteiger partial charge in [-0.25, -0.2) is 0 Å². The van der Waals surface area contributed by atoms with E-state index in [0.717, 1.165) is 26.0 Å². The monoisotopic (exact) mass is 277 g/mol. The standard InChI is InChI=1S/C18H31NO/c1-6-12-19-17(18(14(3)4)20-7-2)13-16-11-9-8-10-15(16)5/h8-11,14,17-19H,6-7,12-13H2,1-5H3. The molecule has 0 spiro atoms. The minimum absolute atomic E-state index is 0.270. The van der Waals surface area contributed by atoms with Crippen molar-refractivity contribution in [3.63, 3.8) is 0 Å². The average Bonchev–Trinajstić information content (AvgIpc) is 2.43. The molecule has 2 unspecified atom stereocenters. The number of aryl methyl sites for hydroxylation is 1. The topological polar surface area (TPSA) is 21.3 Å². The largest absolute Gasteiger partial charge is 0.377 e. The van der Waals surface area contributed by atoms with Gasteiger partial charge in [0.1, 0.15) is 0 Å². The predicted molar refractivity (Wildman–Crippen MR) is 87.2 cm³/mol. The SMILES string of the molecule is CCCNC(Cc1ccccc1C)C(OCC)C(C)C. The van der Waals surface area contributed by atoms with E-state index >= 15 is 0 Å². The molecule has 1 N–H and O–H groups in total. The van der Waals surface area contributed by atoms with Gasteiger partial charge in [0.15, 0.2) is 0 Å². The third kappa shape index (κ3) is 5.26. The van der Waals surface area contributed by atoms with Crippen molar-refractivity contribution in [3.8, 4) is 0 Å². The molecule has 0 radical (unpaired) electrons. The summed E-state index contributed by atoms with van der Waals surface area (Å²) < 4.78 is 6.01. The maximum absolute atomic E-state index is 6.01.